The number of hydrogen-bond donors (Lipinski definition) is 0. The van der Waals surface area contributed by atoms with E-state index in [0.717, 1.165) is 29.7 Å². The fraction of sp³-hybridized carbons (Fsp3) is 0.400. The Kier molecular flexibility index (Phi) is 11.3. The van der Waals surface area contributed by atoms with Crippen LogP contribution in [0.15, 0.2) is 91.0 Å². The second-order valence-electron chi connectivity index (χ2n) is 8.44. The van der Waals surface area contributed by atoms with Crippen molar-refractivity contribution in [3.8, 4) is 0 Å². The van der Waals surface area contributed by atoms with Gasteiger partial charge in [-0.15, -0.1) is 0 Å². The standard InChI is InChI=1S/C30H38O4/c1-3-26(2)25-33-22-21-31-19-20-32-23-24-34-30(27-13-7-4-8-14-27,28-15-9-5-10-16-28)29-17-11-6-12-18-29/h4-18,26H,3,19-25H2,1-2H3. The molecule has 0 aliphatic rings. The molecule has 0 radical (unpaired) electrons. The molecule has 4 heteroatoms. The third-order valence-corrected chi connectivity index (χ3v) is 5.93. The first-order chi connectivity index (χ1) is 16.8. The van der Waals surface area contributed by atoms with Gasteiger partial charge in [0, 0.05) is 6.61 Å². The molecule has 0 heterocycles. The molecule has 0 aromatic heterocycles. The summed E-state index contributed by atoms with van der Waals surface area (Å²) in [6, 6.07) is 31.2. The van der Waals surface area contributed by atoms with Crippen LogP contribution in [0.5, 0.6) is 0 Å². The lowest BCUT2D eigenvalue weighted by Crippen LogP contribution is -2.34. The molecule has 3 aromatic carbocycles. The largest absolute Gasteiger partial charge is 0.379 e. The first-order valence-electron chi connectivity index (χ1n) is 12.3. The molecule has 0 amide bonds. The van der Waals surface area contributed by atoms with E-state index in [9.17, 15) is 0 Å². The number of ether oxygens (including phenoxy) is 4. The molecule has 182 valence electrons. The Hall–Kier alpha value is -2.50. The molecule has 1 atom stereocenters. The molecule has 0 saturated carbocycles. The lowest BCUT2D eigenvalue weighted by molar-refractivity contribution is -0.0375. The zero-order chi connectivity index (χ0) is 23.9. The van der Waals surface area contributed by atoms with Crippen molar-refractivity contribution in [1.29, 1.82) is 0 Å². The number of hydrogen-bond acceptors (Lipinski definition) is 4. The summed E-state index contributed by atoms with van der Waals surface area (Å²) in [7, 11) is 0. The van der Waals surface area contributed by atoms with E-state index in [1.54, 1.807) is 0 Å². The van der Waals surface area contributed by atoms with Gasteiger partial charge in [0.2, 0.25) is 0 Å². The highest BCUT2D eigenvalue weighted by Gasteiger charge is 2.37. The minimum Gasteiger partial charge on any atom is -0.379 e. The number of benzene rings is 3. The maximum atomic E-state index is 6.69. The van der Waals surface area contributed by atoms with Crippen molar-refractivity contribution in [1.82, 2.24) is 0 Å². The fourth-order valence-electron chi connectivity index (χ4n) is 3.86. The van der Waals surface area contributed by atoms with Gasteiger partial charge in [-0.3, -0.25) is 0 Å². The molecular formula is C30H38O4. The second kappa shape index (κ2) is 14.7. The van der Waals surface area contributed by atoms with Crippen LogP contribution in [0.3, 0.4) is 0 Å². The predicted molar refractivity (Wildman–Crippen MR) is 137 cm³/mol. The van der Waals surface area contributed by atoms with Gasteiger partial charge in [-0.1, -0.05) is 111 Å². The molecule has 0 bridgehead atoms. The monoisotopic (exact) mass is 462 g/mol. The molecule has 34 heavy (non-hydrogen) atoms. The van der Waals surface area contributed by atoms with Crippen molar-refractivity contribution in [2.45, 2.75) is 25.9 Å². The zero-order valence-corrected chi connectivity index (χ0v) is 20.5. The van der Waals surface area contributed by atoms with Gasteiger partial charge in [0.1, 0.15) is 5.60 Å². The summed E-state index contributed by atoms with van der Waals surface area (Å²) in [5.41, 5.74) is 2.56. The van der Waals surface area contributed by atoms with Gasteiger partial charge in [0.05, 0.1) is 39.6 Å². The van der Waals surface area contributed by atoms with Crippen LogP contribution in [-0.2, 0) is 24.5 Å². The summed E-state index contributed by atoms with van der Waals surface area (Å²) >= 11 is 0. The summed E-state index contributed by atoms with van der Waals surface area (Å²) in [4.78, 5) is 0. The average Bonchev–Trinajstić information content (AvgIpc) is 2.91. The van der Waals surface area contributed by atoms with Crippen LogP contribution in [0.2, 0.25) is 0 Å². The van der Waals surface area contributed by atoms with Crippen molar-refractivity contribution in [3.63, 3.8) is 0 Å². The lowest BCUT2D eigenvalue weighted by Gasteiger charge is -2.36. The lowest BCUT2D eigenvalue weighted by atomic mass is 9.80. The summed E-state index contributed by atoms with van der Waals surface area (Å²) < 4.78 is 23.7. The molecule has 0 aliphatic carbocycles. The van der Waals surface area contributed by atoms with E-state index < -0.39 is 5.60 Å². The highest BCUT2D eigenvalue weighted by Crippen LogP contribution is 2.40. The Bertz CT molecular complexity index is 802. The van der Waals surface area contributed by atoms with Crippen LogP contribution in [0.4, 0.5) is 0 Å². The quantitative estimate of drug-likeness (QED) is 0.191. The minimum atomic E-state index is -0.712. The minimum absolute atomic E-state index is 0.455. The third kappa shape index (κ3) is 7.51. The van der Waals surface area contributed by atoms with Gasteiger partial charge in [0.15, 0.2) is 0 Å². The topological polar surface area (TPSA) is 36.9 Å². The fourth-order valence-corrected chi connectivity index (χ4v) is 3.86. The van der Waals surface area contributed by atoms with Gasteiger partial charge in [0.25, 0.3) is 0 Å². The van der Waals surface area contributed by atoms with Crippen molar-refractivity contribution >= 4 is 0 Å². The molecule has 0 saturated heterocycles. The molecule has 3 rings (SSSR count). The van der Waals surface area contributed by atoms with Crippen molar-refractivity contribution in [3.05, 3.63) is 108 Å². The van der Waals surface area contributed by atoms with Crippen molar-refractivity contribution < 1.29 is 18.9 Å². The van der Waals surface area contributed by atoms with E-state index in [-0.39, 0.29) is 0 Å². The Labute approximate surface area is 204 Å². The molecule has 0 spiro atoms. The zero-order valence-electron chi connectivity index (χ0n) is 20.5. The average molecular weight is 463 g/mol. The molecule has 3 aromatic rings. The summed E-state index contributed by atoms with van der Waals surface area (Å²) in [5.74, 6) is 0.595. The van der Waals surface area contributed by atoms with Crippen molar-refractivity contribution in [2.24, 2.45) is 5.92 Å². The molecular weight excluding hydrogens is 424 g/mol. The van der Waals surface area contributed by atoms with Crippen LogP contribution >= 0.6 is 0 Å². The van der Waals surface area contributed by atoms with E-state index in [1.165, 1.54) is 0 Å². The maximum Gasteiger partial charge on any atom is 0.143 e. The summed E-state index contributed by atoms with van der Waals surface area (Å²) in [5, 5.41) is 0. The van der Waals surface area contributed by atoms with E-state index >= 15 is 0 Å². The van der Waals surface area contributed by atoms with Gasteiger partial charge in [-0.25, -0.2) is 0 Å². The molecule has 1 unspecified atom stereocenters. The van der Waals surface area contributed by atoms with Crippen LogP contribution in [0.25, 0.3) is 0 Å². The van der Waals surface area contributed by atoms with E-state index in [4.69, 9.17) is 18.9 Å². The smallest absolute Gasteiger partial charge is 0.143 e. The first kappa shape index (κ1) is 26.1. The van der Waals surface area contributed by atoms with Gasteiger partial charge >= 0.3 is 0 Å². The third-order valence-electron chi connectivity index (χ3n) is 5.93. The van der Waals surface area contributed by atoms with Gasteiger partial charge < -0.3 is 18.9 Å². The Morgan fingerprint density at radius 2 is 0.941 bits per heavy atom. The molecule has 0 aliphatic heterocycles. The molecule has 0 fully saturated rings. The summed E-state index contributed by atoms with van der Waals surface area (Å²) in [6.45, 7) is 8.40. The second-order valence-corrected chi connectivity index (χ2v) is 8.44. The summed E-state index contributed by atoms with van der Waals surface area (Å²) in [6.07, 6.45) is 1.14. The SMILES string of the molecule is CCC(C)COCCOCCOCCOC(c1ccccc1)(c1ccccc1)c1ccccc1. The Balaban J connectivity index is 1.56. The van der Waals surface area contributed by atoms with Crippen LogP contribution in [0.1, 0.15) is 37.0 Å². The predicted octanol–water partition coefficient (Wildman–Crippen LogP) is 6.09. The van der Waals surface area contributed by atoms with Gasteiger partial charge in [-0.05, 0) is 22.6 Å². The van der Waals surface area contributed by atoms with Crippen molar-refractivity contribution in [2.75, 3.05) is 46.2 Å². The molecule has 0 N–H and O–H groups in total. The van der Waals surface area contributed by atoms with Gasteiger partial charge in [-0.2, -0.15) is 0 Å². The Morgan fingerprint density at radius 1 is 0.559 bits per heavy atom. The highest BCUT2D eigenvalue weighted by molar-refractivity contribution is 5.47. The molecule has 4 nitrogen and oxygen atoms in total. The van der Waals surface area contributed by atoms with Crippen LogP contribution < -0.4 is 0 Å². The van der Waals surface area contributed by atoms with Crippen LogP contribution in [0, 0.1) is 5.92 Å². The first-order valence-corrected chi connectivity index (χ1v) is 12.3. The normalized spacial score (nSPS) is 12.5. The maximum absolute atomic E-state index is 6.69. The van der Waals surface area contributed by atoms with Crippen LogP contribution in [-0.4, -0.2) is 46.2 Å². The van der Waals surface area contributed by atoms with E-state index in [1.807, 2.05) is 18.2 Å². The highest BCUT2D eigenvalue weighted by atomic mass is 16.6. The number of rotatable bonds is 16. The Morgan fingerprint density at radius 3 is 1.35 bits per heavy atom. The van der Waals surface area contributed by atoms with E-state index in [2.05, 4.69) is 86.6 Å². The van der Waals surface area contributed by atoms with E-state index in [0.29, 0.717) is 45.6 Å².